The Morgan fingerprint density at radius 3 is 2.61 bits per heavy atom. The van der Waals surface area contributed by atoms with E-state index in [1.54, 1.807) is 6.92 Å². The highest BCUT2D eigenvalue weighted by atomic mass is 16.2. The average molecular weight is 252 g/mol. The van der Waals surface area contributed by atoms with Crippen molar-refractivity contribution in [3.63, 3.8) is 0 Å². The lowest BCUT2D eigenvalue weighted by atomic mass is 10.2. The molecule has 0 unspecified atom stereocenters. The standard InChI is InChI=1S/C12H20N4O2/c1-5-16(7-11(17)14-8(2)3)12(18)10-6-13-15-9(10)4/h6,8H,5,7H2,1-4H3,(H,13,15)(H,14,17). The molecule has 18 heavy (non-hydrogen) atoms. The molecule has 1 heterocycles. The molecule has 100 valence electrons. The summed E-state index contributed by atoms with van der Waals surface area (Å²) in [5, 5.41) is 9.30. The van der Waals surface area contributed by atoms with Crippen LogP contribution >= 0.6 is 0 Å². The molecule has 0 aliphatic carbocycles. The molecular formula is C12H20N4O2. The van der Waals surface area contributed by atoms with E-state index in [1.807, 2.05) is 20.8 Å². The van der Waals surface area contributed by atoms with Crippen molar-refractivity contribution in [2.75, 3.05) is 13.1 Å². The van der Waals surface area contributed by atoms with Crippen LogP contribution in [0.15, 0.2) is 6.20 Å². The Labute approximate surface area is 107 Å². The van der Waals surface area contributed by atoms with Gasteiger partial charge in [-0.15, -0.1) is 0 Å². The molecule has 0 aromatic carbocycles. The Kier molecular flexibility index (Phi) is 4.88. The summed E-state index contributed by atoms with van der Waals surface area (Å²) < 4.78 is 0. The van der Waals surface area contributed by atoms with Crippen LogP contribution in [-0.2, 0) is 4.79 Å². The number of hydrogen-bond acceptors (Lipinski definition) is 3. The van der Waals surface area contributed by atoms with Gasteiger partial charge in [-0.3, -0.25) is 14.7 Å². The molecule has 0 saturated carbocycles. The van der Waals surface area contributed by atoms with Crippen LogP contribution in [-0.4, -0.2) is 46.0 Å². The van der Waals surface area contributed by atoms with Gasteiger partial charge in [0.05, 0.1) is 18.3 Å². The smallest absolute Gasteiger partial charge is 0.257 e. The summed E-state index contributed by atoms with van der Waals surface area (Å²) >= 11 is 0. The highest BCUT2D eigenvalue weighted by Gasteiger charge is 2.20. The highest BCUT2D eigenvalue weighted by molar-refractivity contribution is 5.97. The zero-order valence-corrected chi connectivity index (χ0v) is 11.3. The van der Waals surface area contributed by atoms with Gasteiger partial charge in [0.1, 0.15) is 0 Å². The molecular weight excluding hydrogens is 232 g/mol. The minimum Gasteiger partial charge on any atom is -0.352 e. The fourth-order valence-electron chi connectivity index (χ4n) is 1.60. The number of amides is 2. The van der Waals surface area contributed by atoms with E-state index in [4.69, 9.17) is 0 Å². The van der Waals surface area contributed by atoms with Gasteiger partial charge >= 0.3 is 0 Å². The Morgan fingerprint density at radius 2 is 2.17 bits per heavy atom. The van der Waals surface area contributed by atoms with Crippen molar-refractivity contribution in [3.05, 3.63) is 17.5 Å². The van der Waals surface area contributed by atoms with Crippen molar-refractivity contribution in [2.45, 2.75) is 33.7 Å². The van der Waals surface area contributed by atoms with Crippen LogP contribution in [0.25, 0.3) is 0 Å². The predicted octanol–water partition coefficient (Wildman–Crippen LogP) is 0.705. The topological polar surface area (TPSA) is 78.1 Å². The monoisotopic (exact) mass is 252 g/mol. The van der Waals surface area contributed by atoms with Crippen LogP contribution in [0.4, 0.5) is 0 Å². The third-order valence-corrected chi connectivity index (χ3v) is 2.51. The molecule has 0 aliphatic heterocycles. The number of hydrogen-bond donors (Lipinski definition) is 2. The minimum absolute atomic E-state index is 0.0676. The Morgan fingerprint density at radius 1 is 1.50 bits per heavy atom. The number of aromatic amines is 1. The van der Waals surface area contributed by atoms with Crippen molar-refractivity contribution in [2.24, 2.45) is 0 Å². The van der Waals surface area contributed by atoms with Crippen molar-refractivity contribution in [3.8, 4) is 0 Å². The number of carbonyl (C=O) groups excluding carboxylic acids is 2. The molecule has 2 N–H and O–H groups in total. The maximum Gasteiger partial charge on any atom is 0.257 e. The third kappa shape index (κ3) is 3.58. The largest absolute Gasteiger partial charge is 0.352 e. The molecule has 0 spiro atoms. The molecule has 1 rings (SSSR count). The van der Waals surface area contributed by atoms with Crippen molar-refractivity contribution >= 4 is 11.8 Å². The minimum atomic E-state index is -0.178. The Balaban J connectivity index is 2.70. The third-order valence-electron chi connectivity index (χ3n) is 2.51. The van der Waals surface area contributed by atoms with Gasteiger partial charge in [0.15, 0.2) is 0 Å². The van der Waals surface area contributed by atoms with Gasteiger partial charge in [-0.2, -0.15) is 5.10 Å². The normalized spacial score (nSPS) is 10.5. The van der Waals surface area contributed by atoms with Crippen LogP contribution in [0.5, 0.6) is 0 Å². The second-order valence-electron chi connectivity index (χ2n) is 4.45. The number of H-pyrrole nitrogens is 1. The molecule has 0 radical (unpaired) electrons. The summed E-state index contributed by atoms with van der Waals surface area (Å²) in [5.74, 6) is -0.330. The van der Waals surface area contributed by atoms with Crippen molar-refractivity contribution < 1.29 is 9.59 Å². The first-order valence-electron chi connectivity index (χ1n) is 6.04. The van der Waals surface area contributed by atoms with Crippen LogP contribution in [0, 0.1) is 6.92 Å². The zero-order valence-electron chi connectivity index (χ0n) is 11.3. The molecule has 1 aromatic rings. The first-order valence-corrected chi connectivity index (χ1v) is 6.04. The molecule has 0 aliphatic rings. The van der Waals surface area contributed by atoms with Crippen LogP contribution in [0.1, 0.15) is 36.8 Å². The van der Waals surface area contributed by atoms with Crippen molar-refractivity contribution in [1.82, 2.24) is 20.4 Å². The van der Waals surface area contributed by atoms with E-state index in [9.17, 15) is 9.59 Å². The summed E-state index contributed by atoms with van der Waals surface area (Å²) in [6, 6.07) is 0.0713. The SMILES string of the molecule is CCN(CC(=O)NC(C)C)C(=O)c1cn[nH]c1C. The van der Waals surface area contributed by atoms with E-state index in [1.165, 1.54) is 11.1 Å². The van der Waals surface area contributed by atoms with Crippen molar-refractivity contribution in [1.29, 1.82) is 0 Å². The Hall–Kier alpha value is -1.85. The fraction of sp³-hybridized carbons (Fsp3) is 0.583. The first-order chi connectivity index (χ1) is 8.45. The van der Waals surface area contributed by atoms with Gasteiger partial charge in [0, 0.05) is 18.3 Å². The number of rotatable bonds is 5. The van der Waals surface area contributed by atoms with Crippen LogP contribution in [0.3, 0.4) is 0 Å². The van der Waals surface area contributed by atoms with E-state index in [2.05, 4.69) is 15.5 Å². The lowest BCUT2D eigenvalue weighted by molar-refractivity contribution is -0.122. The van der Waals surface area contributed by atoms with E-state index < -0.39 is 0 Å². The van der Waals surface area contributed by atoms with E-state index >= 15 is 0 Å². The first kappa shape index (κ1) is 14.2. The number of nitrogens with one attached hydrogen (secondary N) is 2. The maximum atomic E-state index is 12.2. The summed E-state index contributed by atoms with van der Waals surface area (Å²) in [6.07, 6.45) is 1.49. The lowest BCUT2D eigenvalue weighted by Crippen LogP contribution is -2.42. The number of likely N-dealkylation sites (N-methyl/N-ethyl adjacent to an activating group) is 1. The quantitative estimate of drug-likeness (QED) is 0.810. The summed E-state index contributed by atoms with van der Waals surface area (Å²) in [7, 11) is 0. The maximum absolute atomic E-state index is 12.2. The Bertz CT molecular complexity index is 425. The molecule has 6 nitrogen and oxygen atoms in total. The fourth-order valence-corrected chi connectivity index (χ4v) is 1.60. The molecule has 0 fully saturated rings. The molecule has 2 amide bonds. The summed E-state index contributed by atoms with van der Waals surface area (Å²) in [4.78, 5) is 25.3. The summed E-state index contributed by atoms with van der Waals surface area (Å²) in [5.41, 5.74) is 1.22. The average Bonchev–Trinajstić information content (AvgIpc) is 2.70. The van der Waals surface area contributed by atoms with Gasteiger partial charge in [-0.1, -0.05) is 0 Å². The van der Waals surface area contributed by atoms with E-state index in [-0.39, 0.29) is 24.4 Å². The van der Waals surface area contributed by atoms with Crippen LogP contribution in [0.2, 0.25) is 0 Å². The summed E-state index contributed by atoms with van der Waals surface area (Å²) in [6.45, 7) is 7.94. The lowest BCUT2D eigenvalue weighted by Gasteiger charge is -2.20. The van der Waals surface area contributed by atoms with Gasteiger partial charge in [0.25, 0.3) is 5.91 Å². The van der Waals surface area contributed by atoms with Gasteiger partial charge in [-0.05, 0) is 27.7 Å². The highest BCUT2D eigenvalue weighted by Crippen LogP contribution is 2.07. The predicted molar refractivity (Wildman–Crippen MR) is 68.2 cm³/mol. The molecule has 0 saturated heterocycles. The molecule has 0 bridgehead atoms. The molecule has 6 heteroatoms. The van der Waals surface area contributed by atoms with E-state index in [0.717, 1.165) is 0 Å². The molecule has 1 aromatic heterocycles. The van der Waals surface area contributed by atoms with Gasteiger partial charge in [-0.25, -0.2) is 0 Å². The number of aromatic nitrogens is 2. The van der Waals surface area contributed by atoms with Crippen LogP contribution < -0.4 is 5.32 Å². The molecule has 0 atom stereocenters. The van der Waals surface area contributed by atoms with Gasteiger partial charge in [0.2, 0.25) is 5.91 Å². The zero-order chi connectivity index (χ0) is 13.7. The second-order valence-corrected chi connectivity index (χ2v) is 4.45. The number of carbonyl (C=O) groups is 2. The second kappa shape index (κ2) is 6.18. The number of aryl methyl sites for hydroxylation is 1. The number of nitrogens with zero attached hydrogens (tertiary/aromatic N) is 2. The van der Waals surface area contributed by atoms with Gasteiger partial charge < -0.3 is 10.2 Å². The van der Waals surface area contributed by atoms with E-state index in [0.29, 0.717) is 17.8 Å².